The fourth-order valence-corrected chi connectivity index (χ4v) is 1.97. The van der Waals surface area contributed by atoms with E-state index in [0.29, 0.717) is 0 Å². The van der Waals surface area contributed by atoms with Gasteiger partial charge in [-0.3, -0.25) is 0 Å². The lowest BCUT2D eigenvalue weighted by Gasteiger charge is -1.99. The highest BCUT2D eigenvalue weighted by Crippen LogP contribution is 2.11. The molecular formula is C14H17ClN2. The number of benzene rings is 1. The van der Waals surface area contributed by atoms with Crippen LogP contribution in [0.3, 0.4) is 0 Å². The van der Waals surface area contributed by atoms with Gasteiger partial charge in [0.25, 0.3) is 0 Å². The largest absolute Gasteiger partial charge is 0.337 e. The fourth-order valence-electron chi connectivity index (χ4n) is 1.84. The molecule has 2 rings (SSSR count). The van der Waals surface area contributed by atoms with Gasteiger partial charge in [-0.1, -0.05) is 30.7 Å². The molecule has 0 bridgehead atoms. The van der Waals surface area contributed by atoms with E-state index in [9.17, 15) is 0 Å². The van der Waals surface area contributed by atoms with Crippen LogP contribution in [0, 0.1) is 0 Å². The van der Waals surface area contributed by atoms with Gasteiger partial charge in [-0.2, -0.15) is 0 Å². The van der Waals surface area contributed by atoms with Crippen molar-refractivity contribution in [3.05, 3.63) is 53.1 Å². The van der Waals surface area contributed by atoms with E-state index in [1.165, 1.54) is 5.56 Å². The molecule has 0 amide bonds. The molecule has 3 heteroatoms. The summed E-state index contributed by atoms with van der Waals surface area (Å²) in [6.07, 6.45) is 7.20. The van der Waals surface area contributed by atoms with E-state index < -0.39 is 0 Å². The average Bonchev–Trinajstić information content (AvgIpc) is 2.77. The molecule has 0 aliphatic rings. The molecule has 2 aromatic rings. The van der Waals surface area contributed by atoms with Crippen LogP contribution in [0.25, 0.3) is 0 Å². The molecule has 0 spiro atoms. The smallest absolute Gasteiger partial charge is 0.0949 e. The van der Waals surface area contributed by atoms with Crippen LogP contribution in [-0.4, -0.2) is 9.55 Å². The maximum Gasteiger partial charge on any atom is 0.0949 e. The topological polar surface area (TPSA) is 17.8 Å². The van der Waals surface area contributed by atoms with Crippen molar-refractivity contribution in [2.75, 3.05) is 0 Å². The lowest BCUT2D eigenvalue weighted by atomic mass is 10.1. The zero-order valence-corrected chi connectivity index (χ0v) is 10.8. The van der Waals surface area contributed by atoms with Crippen molar-refractivity contribution in [2.24, 2.45) is 0 Å². The molecule has 0 fully saturated rings. The lowest BCUT2D eigenvalue weighted by Crippen LogP contribution is -1.93. The van der Waals surface area contributed by atoms with Gasteiger partial charge in [0.05, 0.1) is 12.0 Å². The molecule has 0 saturated heterocycles. The van der Waals surface area contributed by atoms with Gasteiger partial charge in [0.1, 0.15) is 0 Å². The first-order chi connectivity index (χ1) is 8.28. The number of hydrogen-bond acceptors (Lipinski definition) is 1. The maximum atomic E-state index is 5.85. The third-order valence-electron chi connectivity index (χ3n) is 2.75. The van der Waals surface area contributed by atoms with E-state index in [2.05, 4.69) is 34.8 Å². The number of imidazole rings is 1. The maximum absolute atomic E-state index is 5.85. The monoisotopic (exact) mass is 248 g/mol. The Morgan fingerprint density at radius 2 is 1.94 bits per heavy atom. The molecule has 2 nitrogen and oxygen atoms in total. The number of aryl methyl sites for hydroxylation is 3. The second-order valence-corrected chi connectivity index (χ2v) is 4.67. The molecule has 1 aromatic carbocycles. The number of halogens is 1. The van der Waals surface area contributed by atoms with Crippen molar-refractivity contribution in [3.8, 4) is 0 Å². The van der Waals surface area contributed by atoms with E-state index >= 15 is 0 Å². The van der Waals surface area contributed by atoms with Crippen LogP contribution in [0.2, 0.25) is 5.02 Å². The Kier molecular flexibility index (Phi) is 4.21. The van der Waals surface area contributed by atoms with E-state index in [1.54, 1.807) is 0 Å². The Morgan fingerprint density at radius 1 is 1.18 bits per heavy atom. The minimum atomic E-state index is 0.793. The predicted molar refractivity (Wildman–Crippen MR) is 71.4 cm³/mol. The van der Waals surface area contributed by atoms with Crippen LogP contribution >= 0.6 is 11.6 Å². The molecule has 0 aliphatic heterocycles. The van der Waals surface area contributed by atoms with Crippen LogP contribution in [0.15, 0.2) is 36.8 Å². The Bertz CT molecular complexity index is 459. The molecule has 0 radical (unpaired) electrons. The predicted octanol–water partition coefficient (Wildman–Crippen LogP) is 3.73. The normalized spacial score (nSPS) is 10.7. The van der Waals surface area contributed by atoms with E-state index in [4.69, 9.17) is 11.6 Å². The highest BCUT2D eigenvalue weighted by molar-refractivity contribution is 6.30. The van der Waals surface area contributed by atoms with Crippen molar-refractivity contribution in [2.45, 2.75) is 32.7 Å². The molecule has 0 N–H and O–H groups in total. The number of rotatable bonds is 5. The molecule has 90 valence electrons. The molecule has 17 heavy (non-hydrogen) atoms. The number of hydrogen-bond donors (Lipinski definition) is 0. The van der Waals surface area contributed by atoms with Crippen LogP contribution < -0.4 is 0 Å². The van der Waals surface area contributed by atoms with E-state index in [-0.39, 0.29) is 0 Å². The second-order valence-electron chi connectivity index (χ2n) is 4.23. The Balaban J connectivity index is 1.90. The van der Waals surface area contributed by atoms with Crippen LogP contribution in [0.1, 0.15) is 24.6 Å². The van der Waals surface area contributed by atoms with Crippen LogP contribution in [0.5, 0.6) is 0 Å². The SMILES string of the molecule is CCCn1cnc(CCc2ccc(Cl)cc2)c1. The highest BCUT2D eigenvalue weighted by Gasteiger charge is 2.00. The first-order valence-corrected chi connectivity index (χ1v) is 6.41. The Morgan fingerprint density at radius 3 is 2.65 bits per heavy atom. The summed E-state index contributed by atoms with van der Waals surface area (Å²) >= 11 is 5.85. The fraction of sp³-hybridized carbons (Fsp3) is 0.357. The minimum Gasteiger partial charge on any atom is -0.337 e. The molecule has 1 aromatic heterocycles. The van der Waals surface area contributed by atoms with Gasteiger partial charge in [-0.05, 0) is 37.0 Å². The van der Waals surface area contributed by atoms with Crippen molar-refractivity contribution in [1.82, 2.24) is 9.55 Å². The summed E-state index contributed by atoms with van der Waals surface area (Å²) in [7, 11) is 0. The Labute approximate surface area is 107 Å². The van der Waals surface area contributed by atoms with Crippen molar-refractivity contribution < 1.29 is 0 Å². The molecule has 0 unspecified atom stereocenters. The third kappa shape index (κ3) is 3.60. The molecule has 0 atom stereocenters. The second kappa shape index (κ2) is 5.87. The van der Waals surface area contributed by atoms with E-state index in [0.717, 1.165) is 36.5 Å². The van der Waals surface area contributed by atoms with Gasteiger partial charge in [-0.15, -0.1) is 0 Å². The average molecular weight is 249 g/mol. The summed E-state index contributed by atoms with van der Waals surface area (Å²) in [4.78, 5) is 4.40. The van der Waals surface area contributed by atoms with Gasteiger partial charge in [0, 0.05) is 17.8 Å². The first-order valence-electron chi connectivity index (χ1n) is 6.03. The summed E-state index contributed by atoms with van der Waals surface area (Å²) in [5.74, 6) is 0. The summed E-state index contributed by atoms with van der Waals surface area (Å²) in [6, 6.07) is 8.02. The zero-order valence-electron chi connectivity index (χ0n) is 10.1. The first kappa shape index (κ1) is 12.2. The molecule has 1 heterocycles. The number of nitrogens with zero attached hydrogens (tertiary/aromatic N) is 2. The highest BCUT2D eigenvalue weighted by atomic mass is 35.5. The summed E-state index contributed by atoms with van der Waals surface area (Å²) in [5, 5.41) is 0.793. The van der Waals surface area contributed by atoms with Gasteiger partial charge in [0.2, 0.25) is 0 Å². The number of aromatic nitrogens is 2. The van der Waals surface area contributed by atoms with Crippen LogP contribution in [-0.2, 0) is 19.4 Å². The molecule has 0 saturated carbocycles. The van der Waals surface area contributed by atoms with Gasteiger partial charge in [0.15, 0.2) is 0 Å². The third-order valence-corrected chi connectivity index (χ3v) is 3.00. The summed E-state index contributed by atoms with van der Waals surface area (Å²) in [5.41, 5.74) is 2.47. The van der Waals surface area contributed by atoms with Crippen molar-refractivity contribution in [1.29, 1.82) is 0 Å². The van der Waals surface area contributed by atoms with Crippen LogP contribution in [0.4, 0.5) is 0 Å². The summed E-state index contributed by atoms with van der Waals surface area (Å²) < 4.78 is 2.15. The standard InChI is InChI=1S/C14H17ClN2/c1-2-9-17-10-14(16-11-17)8-5-12-3-6-13(15)7-4-12/h3-4,6-7,10-11H,2,5,8-9H2,1H3. The lowest BCUT2D eigenvalue weighted by molar-refractivity contribution is 0.677. The van der Waals surface area contributed by atoms with Crippen molar-refractivity contribution in [3.63, 3.8) is 0 Å². The van der Waals surface area contributed by atoms with Gasteiger partial charge in [-0.25, -0.2) is 4.98 Å². The molecular weight excluding hydrogens is 232 g/mol. The zero-order chi connectivity index (χ0) is 12.1. The van der Waals surface area contributed by atoms with Crippen molar-refractivity contribution >= 4 is 11.6 Å². The van der Waals surface area contributed by atoms with Gasteiger partial charge < -0.3 is 4.57 Å². The minimum absolute atomic E-state index is 0.793. The van der Waals surface area contributed by atoms with Gasteiger partial charge >= 0.3 is 0 Å². The summed E-state index contributed by atoms with van der Waals surface area (Å²) in [6.45, 7) is 3.22. The molecule has 0 aliphatic carbocycles. The Hall–Kier alpha value is -1.28. The quantitative estimate of drug-likeness (QED) is 0.788. The van der Waals surface area contributed by atoms with E-state index in [1.807, 2.05) is 18.5 Å².